The lowest BCUT2D eigenvalue weighted by molar-refractivity contribution is -0.140. The Morgan fingerprint density at radius 1 is 0.927 bits per heavy atom. The molecule has 3 rings (SSSR count). The lowest BCUT2D eigenvalue weighted by Gasteiger charge is -2.33. The van der Waals surface area contributed by atoms with Crippen LogP contribution in [0.25, 0.3) is 0 Å². The highest BCUT2D eigenvalue weighted by atomic mass is 35.5. The summed E-state index contributed by atoms with van der Waals surface area (Å²) in [6, 6.07) is 17.3. The van der Waals surface area contributed by atoms with Crippen LogP contribution in [0, 0.1) is 13.8 Å². The zero-order chi connectivity index (χ0) is 30.2. The van der Waals surface area contributed by atoms with Crippen molar-refractivity contribution in [3.05, 3.63) is 93.5 Å². The van der Waals surface area contributed by atoms with Crippen LogP contribution in [0.3, 0.4) is 0 Å². The summed E-state index contributed by atoms with van der Waals surface area (Å²) in [4.78, 5) is 28.9. The van der Waals surface area contributed by atoms with Gasteiger partial charge in [-0.1, -0.05) is 73.8 Å². The highest BCUT2D eigenvalue weighted by molar-refractivity contribution is 7.92. The average Bonchev–Trinajstić information content (AvgIpc) is 2.94. The summed E-state index contributed by atoms with van der Waals surface area (Å²) in [6.07, 6.45) is 2.03. The lowest BCUT2D eigenvalue weighted by atomic mass is 10.1. The number of amides is 2. The van der Waals surface area contributed by atoms with Crippen molar-refractivity contribution in [1.29, 1.82) is 0 Å². The molecule has 2 amide bonds. The van der Waals surface area contributed by atoms with Crippen LogP contribution in [0.15, 0.2) is 71.6 Å². The molecule has 3 aromatic carbocycles. The average molecular weight is 619 g/mol. The maximum absolute atomic E-state index is 14.1. The summed E-state index contributed by atoms with van der Waals surface area (Å²) in [7, 11) is -4.13. The molecule has 7 nitrogen and oxygen atoms in total. The molecule has 0 aliphatic heterocycles. The van der Waals surface area contributed by atoms with Gasteiger partial charge in [-0.25, -0.2) is 8.42 Å². The van der Waals surface area contributed by atoms with Crippen molar-refractivity contribution in [3.8, 4) is 0 Å². The van der Waals surface area contributed by atoms with Crippen molar-refractivity contribution < 1.29 is 18.0 Å². The van der Waals surface area contributed by atoms with Gasteiger partial charge in [0.15, 0.2) is 0 Å². The van der Waals surface area contributed by atoms with Gasteiger partial charge in [-0.3, -0.25) is 13.9 Å². The van der Waals surface area contributed by atoms with Crippen LogP contribution in [-0.2, 0) is 26.2 Å². The first-order valence-electron chi connectivity index (χ1n) is 13.7. The van der Waals surface area contributed by atoms with Gasteiger partial charge in [-0.2, -0.15) is 0 Å². The smallest absolute Gasteiger partial charge is 0.264 e. The highest BCUT2D eigenvalue weighted by Gasteiger charge is 2.34. The van der Waals surface area contributed by atoms with Gasteiger partial charge in [0.2, 0.25) is 11.8 Å². The van der Waals surface area contributed by atoms with Crippen LogP contribution in [-0.4, -0.2) is 44.3 Å². The second kappa shape index (κ2) is 14.7. The van der Waals surface area contributed by atoms with Gasteiger partial charge in [-0.05, 0) is 79.8 Å². The minimum atomic E-state index is -4.13. The Kier molecular flexibility index (Phi) is 11.6. The summed E-state index contributed by atoms with van der Waals surface area (Å²) < 4.78 is 29.0. The van der Waals surface area contributed by atoms with Crippen LogP contribution in [0.4, 0.5) is 5.69 Å². The monoisotopic (exact) mass is 617 g/mol. The second-order valence-electron chi connectivity index (χ2n) is 9.92. The van der Waals surface area contributed by atoms with Gasteiger partial charge in [0.1, 0.15) is 12.6 Å². The SMILES string of the molecule is CCCCNC(=O)[C@@H](CC)N(Cc1ccc(Cl)cc1Cl)C(=O)CN(c1ccc(C)c(C)c1)S(=O)(=O)c1ccccc1. The summed E-state index contributed by atoms with van der Waals surface area (Å²) in [5.41, 5.74) is 2.82. The molecule has 0 bridgehead atoms. The van der Waals surface area contributed by atoms with Gasteiger partial charge < -0.3 is 10.2 Å². The summed E-state index contributed by atoms with van der Waals surface area (Å²) in [5, 5.41) is 3.70. The number of unbranched alkanes of at least 4 members (excludes halogenated alkanes) is 1. The molecule has 1 atom stereocenters. The first-order chi connectivity index (χ1) is 19.5. The van der Waals surface area contributed by atoms with E-state index >= 15 is 0 Å². The molecule has 0 aromatic heterocycles. The third-order valence-electron chi connectivity index (χ3n) is 6.96. The minimum absolute atomic E-state index is 0.000685. The van der Waals surface area contributed by atoms with Crippen LogP contribution >= 0.6 is 23.2 Å². The molecular formula is C31H37Cl2N3O4S. The third-order valence-corrected chi connectivity index (χ3v) is 9.33. The van der Waals surface area contributed by atoms with E-state index in [2.05, 4.69) is 5.32 Å². The maximum Gasteiger partial charge on any atom is 0.264 e. The fourth-order valence-electron chi connectivity index (χ4n) is 4.39. The molecule has 0 unspecified atom stereocenters. The first kappa shape index (κ1) is 32.4. The quantitative estimate of drug-likeness (QED) is 0.221. The summed E-state index contributed by atoms with van der Waals surface area (Å²) in [5.74, 6) is -0.839. The predicted octanol–water partition coefficient (Wildman–Crippen LogP) is 6.53. The predicted molar refractivity (Wildman–Crippen MR) is 166 cm³/mol. The van der Waals surface area contributed by atoms with E-state index in [1.54, 1.807) is 48.5 Å². The van der Waals surface area contributed by atoms with Crippen LogP contribution < -0.4 is 9.62 Å². The van der Waals surface area contributed by atoms with E-state index in [9.17, 15) is 18.0 Å². The number of benzene rings is 3. The molecule has 41 heavy (non-hydrogen) atoms. The number of carbonyl (C=O) groups excluding carboxylic acids is 2. The number of hydrogen-bond acceptors (Lipinski definition) is 4. The fourth-order valence-corrected chi connectivity index (χ4v) is 6.28. The first-order valence-corrected chi connectivity index (χ1v) is 15.8. The van der Waals surface area contributed by atoms with Crippen molar-refractivity contribution >= 4 is 50.7 Å². The Balaban J connectivity index is 2.07. The van der Waals surface area contributed by atoms with E-state index in [4.69, 9.17) is 23.2 Å². The Hall–Kier alpha value is -3.07. The van der Waals surface area contributed by atoms with Gasteiger partial charge in [0.25, 0.3) is 10.0 Å². The van der Waals surface area contributed by atoms with Crippen LogP contribution in [0.5, 0.6) is 0 Å². The molecule has 10 heteroatoms. The molecule has 0 heterocycles. The van der Waals surface area contributed by atoms with Gasteiger partial charge in [-0.15, -0.1) is 0 Å². The van der Waals surface area contributed by atoms with Gasteiger partial charge in [0.05, 0.1) is 10.6 Å². The van der Waals surface area contributed by atoms with Gasteiger partial charge in [0, 0.05) is 23.1 Å². The summed E-state index contributed by atoms with van der Waals surface area (Å²) in [6.45, 7) is 7.63. The number of nitrogens with one attached hydrogen (secondary N) is 1. The molecule has 3 aromatic rings. The number of halogens is 2. The van der Waals surface area contributed by atoms with Crippen molar-refractivity contribution in [3.63, 3.8) is 0 Å². The van der Waals surface area contributed by atoms with Crippen LogP contribution in [0.1, 0.15) is 49.8 Å². The normalized spacial score (nSPS) is 12.0. The fraction of sp³-hybridized carbons (Fsp3) is 0.355. The number of anilines is 1. The number of carbonyl (C=O) groups is 2. The Morgan fingerprint density at radius 2 is 1.63 bits per heavy atom. The number of sulfonamides is 1. The van der Waals surface area contributed by atoms with E-state index in [1.165, 1.54) is 17.0 Å². The molecule has 0 fully saturated rings. The molecule has 0 radical (unpaired) electrons. The van der Waals surface area contributed by atoms with Crippen molar-refractivity contribution in [2.45, 2.75) is 64.4 Å². The Bertz CT molecular complexity index is 1470. The molecule has 0 saturated heterocycles. The summed E-state index contributed by atoms with van der Waals surface area (Å²) >= 11 is 12.6. The zero-order valence-electron chi connectivity index (χ0n) is 23.9. The Labute approximate surface area is 253 Å². The number of nitrogens with zero attached hydrogens (tertiary/aromatic N) is 2. The molecule has 0 aliphatic rings. The van der Waals surface area contributed by atoms with E-state index in [-0.39, 0.29) is 17.3 Å². The number of aryl methyl sites for hydroxylation is 2. The zero-order valence-corrected chi connectivity index (χ0v) is 26.2. The minimum Gasteiger partial charge on any atom is -0.354 e. The van der Waals surface area contributed by atoms with E-state index in [0.29, 0.717) is 34.3 Å². The largest absolute Gasteiger partial charge is 0.354 e. The topological polar surface area (TPSA) is 86.8 Å². The number of hydrogen-bond donors (Lipinski definition) is 1. The molecule has 220 valence electrons. The molecule has 0 saturated carbocycles. The molecule has 0 spiro atoms. The standard InChI is InChI=1S/C31H37Cl2N3O4S/c1-5-7-17-34-31(38)29(6-2)35(20-24-14-15-25(32)19-28(24)33)30(37)21-36(26-16-13-22(3)23(4)18-26)41(39,40)27-11-9-8-10-12-27/h8-16,18-19,29H,5-7,17,20-21H2,1-4H3,(H,34,38)/t29-/m1/s1. The van der Waals surface area contributed by atoms with E-state index in [0.717, 1.165) is 28.3 Å². The van der Waals surface area contributed by atoms with Crippen LogP contribution in [0.2, 0.25) is 10.0 Å². The molecule has 1 N–H and O–H groups in total. The van der Waals surface area contributed by atoms with Gasteiger partial charge >= 0.3 is 0 Å². The van der Waals surface area contributed by atoms with E-state index in [1.807, 2.05) is 33.8 Å². The van der Waals surface area contributed by atoms with Crippen molar-refractivity contribution in [2.24, 2.45) is 0 Å². The van der Waals surface area contributed by atoms with E-state index < -0.39 is 28.5 Å². The number of rotatable bonds is 13. The maximum atomic E-state index is 14.1. The van der Waals surface area contributed by atoms with Crippen molar-refractivity contribution in [2.75, 3.05) is 17.4 Å². The Morgan fingerprint density at radius 3 is 2.24 bits per heavy atom. The van der Waals surface area contributed by atoms with Crippen molar-refractivity contribution in [1.82, 2.24) is 10.2 Å². The lowest BCUT2D eigenvalue weighted by Crippen LogP contribution is -2.52. The highest BCUT2D eigenvalue weighted by Crippen LogP contribution is 2.28. The third kappa shape index (κ3) is 8.24. The molecular weight excluding hydrogens is 581 g/mol. The second-order valence-corrected chi connectivity index (χ2v) is 12.6. The molecule has 0 aliphatic carbocycles.